The zero-order valence-electron chi connectivity index (χ0n) is 7.09. The van der Waals surface area contributed by atoms with Crippen molar-refractivity contribution in [3.8, 4) is 0 Å². The Labute approximate surface area is 74.2 Å². The minimum atomic E-state index is -2.70. The van der Waals surface area contributed by atoms with Gasteiger partial charge in [-0.05, 0) is 18.6 Å². The molecular weight excluding hydrogens is 178 g/mol. The van der Waals surface area contributed by atoms with Gasteiger partial charge < -0.3 is 10.8 Å². The molecule has 0 atom stereocenters. The zero-order chi connectivity index (χ0) is 10.0. The third-order valence-corrected chi connectivity index (χ3v) is 1.69. The van der Waals surface area contributed by atoms with Crippen LogP contribution in [0.15, 0.2) is 6.07 Å². The number of anilines is 1. The Hall–Kier alpha value is -1.23. The molecule has 0 fully saturated rings. The lowest BCUT2D eigenvalue weighted by atomic mass is 10.1. The molecule has 0 bridgehead atoms. The number of halogens is 2. The summed E-state index contributed by atoms with van der Waals surface area (Å²) in [7, 11) is 0. The second-order valence-electron chi connectivity index (χ2n) is 2.68. The van der Waals surface area contributed by atoms with E-state index < -0.39 is 13.0 Å². The van der Waals surface area contributed by atoms with E-state index in [2.05, 4.69) is 4.98 Å². The molecule has 3 nitrogen and oxygen atoms in total. The Morgan fingerprint density at radius 1 is 1.62 bits per heavy atom. The number of nitrogen functional groups attached to an aromatic ring is 1. The fraction of sp³-hybridized carbons (Fsp3) is 0.375. The summed E-state index contributed by atoms with van der Waals surface area (Å²) >= 11 is 0. The van der Waals surface area contributed by atoms with Crippen LogP contribution < -0.4 is 5.73 Å². The summed E-state index contributed by atoms with van der Waals surface area (Å²) < 4.78 is 24.8. The number of aromatic nitrogens is 1. The molecule has 0 aliphatic carbocycles. The molecule has 0 spiro atoms. The number of aliphatic hydroxyl groups excluding tert-OH is 1. The highest BCUT2D eigenvalue weighted by atomic mass is 19.3. The third-order valence-electron chi connectivity index (χ3n) is 1.69. The molecule has 0 aliphatic rings. The summed E-state index contributed by atoms with van der Waals surface area (Å²) in [5, 5.41) is 8.80. The molecule has 0 aliphatic heterocycles. The third kappa shape index (κ3) is 1.92. The lowest BCUT2D eigenvalue weighted by molar-refractivity contribution is 0.147. The van der Waals surface area contributed by atoms with E-state index in [4.69, 9.17) is 10.8 Å². The molecule has 1 heterocycles. The van der Waals surface area contributed by atoms with Gasteiger partial charge in [-0.15, -0.1) is 0 Å². The minimum Gasteiger partial charge on any atom is -0.392 e. The van der Waals surface area contributed by atoms with Crippen molar-refractivity contribution in [1.29, 1.82) is 0 Å². The normalized spacial score (nSPS) is 10.8. The molecule has 0 saturated heterocycles. The van der Waals surface area contributed by atoms with Crippen LogP contribution in [0.3, 0.4) is 0 Å². The van der Waals surface area contributed by atoms with Gasteiger partial charge in [0, 0.05) is 5.69 Å². The number of aryl methyl sites for hydroxylation is 1. The van der Waals surface area contributed by atoms with E-state index in [9.17, 15) is 8.78 Å². The van der Waals surface area contributed by atoms with Crippen LogP contribution in [0.25, 0.3) is 0 Å². The van der Waals surface area contributed by atoms with Gasteiger partial charge in [-0.3, -0.25) is 0 Å². The molecule has 0 aromatic carbocycles. The van der Waals surface area contributed by atoms with Crippen molar-refractivity contribution in [3.05, 3.63) is 22.9 Å². The number of nitrogens with zero attached hydrogens (tertiary/aromatic N) is 1. The molecule has 1 aromatic rings. The highest BCUT2D eigenvalue weighted by Gasteiger charge is 2.17. The molecule has 0 amide bonds. The fourth-order valence-corrected chi connectivity index (χ4v) is 1.16. The Bertz CT molecular complexity index is 315. The van der Waals surface area contributed by atoms with E-state index in [1.54, 1.807) is 6.92 Å². The summed E-state index contributed by atoms with van der Waals surface area (Å²) in [5.74, 6) is -0.209. The summed E-state index contributed by atoms with van der Waals surface area (Å²) in [6.07, 6.45) is -2.70. The van der Waals surface area contributed by atoms with Crippen molar-refractivity contribution in [1.82, 2.24) is 4.98 Å². The van der Waals surface area contributed by atoms with Crippen LogP contribution in [0, 0.1) is 6.92 Å². The largest absolute Gasteiger partial charge is 0.392 e. The maximum atomic E-state index is 12.4. The molecule has 72 valence electrons. The first-order valence-corrected chi connectivity index (χ1v) is 3.71. The van der Waals surface area contributed by atoms with Crippen LogP contribution in [0.5, 0.6) is 0 Å². The molecule has 0 unspecified atom stereocenters. The molecule has 13 heavy (non-hydrogen) atoms. The summed E-state index contributed by atoms with van der Waals surface area (Å²) in [6.45, 7) is 1.18. The second-order valence-corrected chi connectivity index (χ2v) is 2.68. The van der Waals surface area contributed by atoms with Gasteiger partial charge in [-0.2, -0.15) is 0 Å². The van der Waals surface area contributed by atoms with Crippen molar-refractivity contribution in [2.75, 3.05) is 5.73 Å². The molecule has 0 saturated carbocycles. The van der Waals surface area contributed by atoms with Gasteiger partial charge in [-0.1, -0.05) is 0 Å². The van der Waals surface area contributed by atoms with Gasteiger partial charge in [0.1, 0.15) is 5.82 Å². The Morgan fingerprint density at radius 2 is 2.23 bits per heavy atom. The van der Waals surface area contributed by atoms with Crippen molar-refractivity contribution in [3.63, 3.8) is 0 Å². The molecule has 1 aromatic heterocycles. The van der Waals surface area contributed by atoms with Crippen LogP contribution in [-0.2, 0) is 6.61 Å². The van der Waals surface area contributed by atoms with E-state index in [0.29, 0.717) is 5.69 Å². The lowest BCUT2D eigenvalue weighted by Gasteiger charge is -2.09. The zero-order valence-corrected chi connectivity index (χ0v) is 7.09. The number of aliphatic hydroxyl groups is 1. The quantitative estimate of drug-likeness (QED) is 0.737. The van der Waals surface area contributed by atoms with Crippen LogP contribution >= 0.6 is 0 Å². The van der Waals surface area contributed by atoms with Crippen molar-refractivity contribution in [2.24, 2.45) is 0 Å². The van der Waals surface area contributed by atoms with Gasteiger partial charge in [0.15, 0.2) is 0 Å². The molecule has 5 heteroatoms. The van der Waals surface area contributed by atoms with E-state index in [1.165, 1.54) is 6.07 Å². The first-order chi connectivity index (χ1) is 6.06. The van der Waals surface area contributed by atoms with Gasteiger partial charge in [0.2, 0.25) is 0 Å². The standard InChI is InChI=1S/C8H10F2N2O/c1-4-2-5(3-13)6(7(9)10)8(11)12-4/h2,7,13H,3H2,1H3,(H2,11,12). The predicted molar refractivity (Wildman–Crippen MR) is 44.3 cm³/mol. The smallest absolute Gasteiger partial charge is 0.267 e. The molecule has 3 N–H and O–H groups in total. The highest BCUT2D eigenvalue weighted by molar-refractivity contribution is 5.46. The molecule has 0 radical (unpaired) electrons. The molecular formula is C8H10F2N2O. The highest BCUT2D eigenvalue weighted by Crippen LogP contribution is 2.27. The maximum Gasteiger partial charge on any atom is 0.267 e. The monoisotopic (exact) mass is 188 g/mol. The second kappa shape index (κ2) is 3.66. The first kappa shape index (κ1) is 9.85. The van der Waals surface area contributed by atoms with Gasteiger partial charge in [0.05, 0.1) is 12.2 Å². The number of hydrogen-bond acceptors (Lipinski definition) is 3. The van der Waals surface area contributed by atoms with E-state index >= 15 is 0 Å². The number of nitrogens with two attached hydrogens (primary N) is 1. The van der Waals surface area contributed by atoms with Crippen molar-refractivity contribution >= 4 is 5.82 Å². The number of pyridine rings is 1. The summed E-state index contributed by atoms with van der Waals surface area (Å²) in [5.41, 5.74) is 5.59. The van der Waals surface area contributed by atoms with E-state index in [0.717, 1.165) is 0 Å². The number of alkyl halides is 2. The van der Waals surface area contributed by atoms with E-state index in [-0.39, 0.29) is 16.9 Å². The minimum absolute atomic E-state index is 0.139. The number of hydrogen-bond donors (Lipinski definition) is 2. The fourth-order valence-electron chi connectivity index (χ4n) is 1.16. The molecule has 1 rings (SSSR count). The van der Waals surface area contributed by atoms with E-state index in [1.807, 2.05) is 0 Å². The maximum absolute atomic E-state index is 12.4. The number of rotatable bonds is 2. The Balaban J connectivity index is 3.30. The summed E-state index contributed by atoms with van der Waals surface area (Å²) in [4.78, 5) is 3.69. The average Bonchev–Trinajstić information content (AvgIpc) is 2.01. The Kier molecular flexibility index (Phi) is 2.77. The predicted octanol–water partition coefficient (Wildman–Crippen LogP) is 1.40. The van der Waals surface area contributed by atoms with Crippen molar-refractivity contribution < 1.29 is 13.9 Å². The topological polar surface area (TPSA) is 59.1 Å². The van der Waals surface area contributed by atoms with Crippen molar-refractivity contribution in [2.45, 2.75) is 20.0 Å². The van der Waals surface area contributed by atoms with Crippen LogP contribution in [-0.4, -0.2) is 10.1 Å². The average molecular weight is 188 g/mol. The Morgan fingerprint density at radius 3 is 2.69 bits per heavy atom. The summed E-state index contributed by atoms with van der Waals surface area (Å²) in [6, 6.07) is 1.40. The van der Waals surface area contributed by atoms with Gasteiger partial charge >= 0.3 is 0 Å². The van der Waals surface area contributed by atoms with Gasteiger partial charge in [-0.25, -0.2) is 13.8 Å². The van der Waals surface area contributed by atoms with Crippen LogP contribution in [0.2, 0.25) is 0 Å². The lowest BCUT2D eigenvalue weighted by Crippen LogP contribution is -2.04. The SMILES string of the molecule is Cc1cc(CO)c(C(F)F)c(N)n1. The van der Waals surface area contributed by atoms with Crippen LogP contribution in [0.1, 0.15) is 23.2 Å². The van der Waals surface area contributed by atoms with Crippen LogP contribution in [0.4, 0.5) is 14.6 Å². The first-order valence-electron chi connectivity index (χ1n) is 3.71. The van der Waals surface area contributed by atoms with Gasteiger partial charge in [0.25, 0.3) is 6.43 Å².